The average Bonchev–Trinajstić information content (AvgIpc) is 2.97. The van der Waals surface area contributed by atoms with Crippen molar-refractivity contribution in [1.29, 1.82) is 0 Å². The molecule has 148 valence electrons. The molecule has 3 aliphatic rings. The Balaban J connectivity index is 1.73. The summed E-state index contributed by atoms with van der Waals surface area (Å²) >= 11 is 0. The van der Waals surface area contributed by atoms with Gasteiger partial charge >= 0.3 is 0 Å². The lowest BCUT2D eigenvalue weighted by molar-refractivity contribution is 0.142. The molecule has 0 aromatic rings. The summed E-state index contributed by atoms with van der Waals surface area (Å²) in [5.74, 6) is 0.530. The zero-order chi connectivity index (χ0) is 19.4. The van der Waals surface area contributed by atoms with Gasteiger partial charge in [0, 0.05) is 12.8 Å². The monoisotopic (exact) mass is 372 g/mol. The Kier molecular flexibility index (Phi) is 6.54. The van der Waals surface area contributed by atoms with Gasteiger partial charge in [-0.1, -0.05) is 55.0 Å². The summed E-state index contributed by atoms with van der Waals surface area (Å²) in [6.45, 7) is 6.47. The average molecular weight is 373 g/mol. The molecule has 0 radical (unpaired) electrons. The van der Waals surface area contributed by atoms with Crippen LogP contribution in [0.2, 0.25) is 0 Å². The first kappa shape index (κ1) is 20.3. The Labute approximate surface area is 162 Å². The number of hydrogen-bond acceptors (Lipinski definition) is 2. The van der Waals surface area contributed by atoms with Gasteiger partial charge in [0.05, 0.1) is 12.7 Å². The van der Waals surface area contributed by atoms with Crippen LogP contribution in [-0.4, -0.2) is 29.1 Å². The van der Waals surface area contributed by atoms with E-state index >= 15 is 0 Å². The number of aliphatic hydroxyl groups excluding tert-OH is 2. The van der Waals surface area contributed by atoms with E-state index in [2.05, 4.69) is 31.7 Å². The number of rotatable bonds is 5. The summed E-state index contributed by atoms with van der Waals surface area (Å²) in [6.07, 6.45) is 15.9. The van der Waals surface area contributed by atoms with Gasteiger partial charge in [0.15, 0.2) is 0 Å². The predicted octanol–water partition coefficient (Wildman–Crippen LogP) is 5.35. The lowest BCUT2D eigenvalue weighted by atomic mass is 9.63. The fraction of sp³-hybridized carbons (Fsp3) is 0.583. The molecule has 2 saturated carbocycles. The van der Waals surface area contributed by atoms with E-state index in [1.54, 1.807) is 5.57 Å². The van der Waals surface area contributed by atoms with Crippen molar-refractivity contribution in [2.45, 2.75) is 70.6 Å². The number of allylic oxidation sites excluding steroid dienone is 6. The minimum Gasteiger partial charge on any atom is -0.392 e. The Morgan fingerprint density at radius 2 is 2.15 bits per heavy atom. The second-order valence-corrected chi connectivity index (χ2v) is 8.49. The summed E-state index contributed by atoms with van der Waals surface area (Å²) in [5, 5.41) is 18.9. The Hall–Kier alpha value is -1.45. The smallest absolute Gasteiger partial charge is 0.107 e. The van der Waals surface area contributed by atoms with Gasteiger partial charge in [-0.15, -0.1) is 0 Å². The molecule has 0 amide bonds. The van der Waals surface area contributed by atoms with Gasteiger partial charge in [0.1, 0.15) is 6.17 Å². The van der Waals surface area contributed by atoms with E-state index in [1.807, 2.05) is 12.2 Å². The van der Waals surface area contributed by atoms with Crippen molar-refractivity contribution in [2.24, 2.45) is 11.3 Å². The van der Waals surface area contributed by atoms with Crippen LogP contribution in [0.15, 0.2) is 59.3 Å². The molecule has 3 aliphatic carbocycles. The molecule has 0 heterocycles. The Morgan fingerprint density at radius 1 is 1.33 bits per heavy atom. The minimum absolute atomic E-state index is 0.111. The van der Waals surface area contributed by atoms with Crippen molar-refractivity contribution in [3.63, 3.8) is 0 Å². The molecule has 2 nitrogen and oxygen atoms in total. The second-order valence-electron chi connectivity index (χ2n) is 8.49. The summed E-state index contributed by atoms with van der Waals surface area (Å²) in [7, 11) is 0. The van der Waals surface area contributed by atoms with Crippen molar-refractivity contribution in [2.75, 3.05) is 6.61 Å². The zero-order valence-corrected chi connectivity index (χ0v) is 16.5. The molecule has 3 heteroatoms. The lowest BCUT2D eigenvalue weighted by Gasteiger charge is -2.41. The Morgan fingerprint density at radius 3 is 2.93 bits per heavy atom. The maximum atomic E-state index is 13.8. The van der Waals surface area contributed by atoms with Crippen LogP contribution in [0.3, 0.4) is 0 Å². The topological polar surface area (TPSA) is 40.5 Å². The third kappa shape index (κ3) is 4.35. The highest BCUT2D eigenvalue weighted by Gasteiger charge is 2.44. The standard InChI is InChI=1S/C24H33FO2/c1-17-19(15-21(25)16-23(17)27)10-9-18-7-6-13-24(2)20(11-12-22(18)24)8-4-3-5-14-26/h3,5,9-11,21-23,26-27H,1,4,6-8,12-16H2,2H3/b5-3+,18-9+,19-10-. The van der Waals surface area contributed by atoms with Gasteiger partial charge in [0.2, 0.25) is 0 Å². The van der Waals surface area contributed by atoms with Crippen molar-refractivity contribution < 1.29 is 14.6 Å². The van der Waals surface area contributed by atoms with Crippen LogP contribution in [0, 0.1) is 11.3 Å². The molecule has 27 heavy (non-hydrogen) atoms. The number of fused-ring (bicyclic) bond motifs is 1. The molecule has 0 spiro atoms. The highest BCUT2D eigenvalue weighted by Crippen LogP contribution is 2.55. The highest BCUT2D eigenvalue weighted by molar-refractivity contribution is 5.40. The van der Waals surface area contributed by atoms with Gasteiger partial charge in [0.25, 0.3) is 0 Å². The molecule has 0 aliphatic heterocycles. The fourth-order valence-corrected chi connectivity index (χ4v) is 5.16. The lowest BCUT2D eigenvalue weighted by Crippen LogP contribution is -2.30. The second kappa shape index (κ2) is 8.70. The molecule has 0 bridgehead atoms. The summed E-state index contributed by atoms with van der Waals surface area (Å²) in [4.78, 5) is 0. The van der Waals surface area contributed by atoms with Gasteiger partial charge in [-0.3, -0.25) is 0 Å². The first-order valence-electron chi connectivity index (χ1n) is 10.3. The van der Waals surface area contributed by atoms with E-state index in [0.29, 0.717) is 17.9 Å². The zero-order valence-electron chi connectivity index (χ0n) is 16.5. The quantitative estimate of drug-likeness (QED) is 0.638. The molecule has 0 aromatic carbocycles. The van der Waals surface area contributed by atoms with Crippen LogP contribution in [0.1, 0.15) is 58.3 Å². The van der Waals surface area contributed by atoms with E-state index in [1.165, 1.54) is 18.4 Å². The van der Waals surface area contributed by atoms with Crippen LogP contribution >= 0.6 is 0 Å². The summed E-state index contributed by atoms with van der Waals surface area (Å²) in [6, 6.07) is 0. The molecule has 2 fully saturated rings. The number of halogens is 1. The first-order valence-corrected chi connectivity index (χ1v) is 10.3. The molecule has 4 atom stereocenters. The molecule has 3 rings (SSSR count). The summed E-state index contributed by atoms with van der Waals surface area (Å²) in [5.41, 5.74) is 4.77. The molecule has 4 unspecified atom stereocenters. The van der Waals surface area contributed by atoms with Crippen LogP contribution < -0.4 is 0 Å². The number of alkyl halides is 1. The van der Waals surface area contributed by atoms with Crippen LogP contribution in [-0.2, 0) is 0 Å². The Bertz CT molecular complexity index is 684. The SMILES string of the molecule is C=C1/C(=C\C=C2/CCCC3(C)C(CC/C=C/CO)=CCC23)CC(F)CC1O. The number of aliphatic hydroxyl groups is 2. The van der Waals surface area contributed by atoms with Crippen molar-refractivity contribution in [3.05, 3.63) is 59.3 Å². The van der Waals surface area contributed by atoms with E-state index in [4.69, 9.17) is 5.11 Å². The third-order valence-electron chi connectivity index (χ3n) is 6.80. The van der Waals surface area contributed by atoms with Crippen molar-refractivity contribution in [3.8, 4) is 0 Å². The molecule has 2 N–H and O–H groups in total. The summed E-state index contributed by atoms with van der Waals surface area (Å²) < 4.78 is 13.8. The maximum Gasteiger partial charge on any atom is 0.107 e. The minimum atomic E-state index is -0.974. The number of hydrogen-bond donors (Lipinski definition) is 2. The van der Waals surface area contributed by atoms with E-state index in [-0.39, 0.29) is 18.4 Å². The van der Waals surface area contributed by atoms with Crippen LogP contribution in [0.25, 0.3) is 0 Å². The van der Waals surface area contributed by atoms with Crippen LogP contribution in [0.5, 0.6) is 0 Å². The maximum absolute atomic E-state index is 13.8. The van der Waals surface area contributed by atoms with Crippen molar-refractivity contribution >= 4 is 0 Å². The first-order chi connectivity index (χ1) is 13.0. The molecular formula is C24H33FO2. The van der Waals surface area contributed by atoms with E-state index < -0.39 is 12.3 Å². The van der Waals surface area contributed by atoms with Gasteiger partial charge in [-0.2, -0.15) is 0 Å². The van der Waals surface area contributed by atoms with Crippen LogP contribution in [0.4, 0.5) is 4.39 Å². The molecule has 0 saturated heterocycles. The van der Waals surface area contributed by atoms with Gasteiger partial charge < -0.3 is 10.2 Å². The van der Waals surface area contributed by atoms with E-state index in [0.717, 1.165) is 31.3 Å². The van der Waals surface area contributed by atoms with Gasteiger partial charge in [-0.05, 0) is 61.0 Å². The third-order valence-corrected chi connectivity index (χ3v) is 6.80. The predicted molar refractivity (Wildman–Crippen MR) is 109 cm³/mol. The molecular weight excluding hydrogens is 339 g/mol. The highest BCUT2D eigenvalue weighted by atomic mass is 19.1. The van der Waals surface area contributed by atoms with Crippen molar-refractivity contribution in [1.82, 2.24) is 0 Å². The molecule has 0 aromatic heterocycles. The largest absolute Gasteiger partial charge is 0.392 e. The normalized spacial score (nSPS) is 37.3. The van der Waals surface area contributed by atoms with E-state index in [9.17, 15) is 9.50 Å². The van der Waals surface area contributed by atoms with Gasteiger partial charge in [-0.25, -0.2) is 4.39 Å². The fourth-order valence-electron chi connectivity index (χ4n) is 5.16.